The zero-order chi connectivity index (χ0) is 13.7. The summed E-state index contributed by atoms with van der Waals surface area (Å²) in [6.07, 6.45) is 3.13. The van der Waals surface area contributed by atoms with E-state index in [0.717, 1.165) is 56.2 Å². The summed E-state index contributed by atoms with van der Waals surface area (Å²) in [5.41, 5.74) is 7.84. The van der Waals surface area contributed by atoms with Crippen LogP contribution in [-0.2, 0) is 4.74 Å². The fraction of sp³-hybridized carbons (Fsp3) is 0.600. The molecule has 2 N–H and O–H groups in total. The van der Waals surface area contributed by atoms with Gasteiger partial charge in [-0.1, -0.05) is 6.92 Å². The van der Waals surface area contributed by atoms with Gasteiger partial charge in [0.15, 0.2) is 0 Å². The summed E-state index contributed by atoms with van der Waals surface area (Å²) in [6.45, 7) is 4.51. The lowest BCUT2D eigenvalue weighted by Crippen LogP contribution is -2.36. The standard InChI is InChI=1S/C15H24N2O2/c1-3-6-19-15-10-12(16)9-14(11-15)17(2)13-4-7-18-8-5-13/h9-11,13H,3-8,16H2,1-2H3. The van der Waals surface area contributed by atoms with Crippen LogP contribution in [0.15, 0.2) is 18.2 Å². The minimum atomic E-state index is 0.523. The van der Waals surface area contributed by atoms with E-state index in [4.69, 9.17) is 15.2 Å². The first kappa shape index (κ1) is 14.0. The third-order valence-electron chi connectivity index (χ3n) is 3.53. The minimum absolute atomic E-state index is 0.523. The summed E-state index contributed by atoms with van der Waals surface area (Å²) < 4.78 is 11.1. The third-order valence-corrected chi connectivity index (χ3v) is 3.53. The largest absolute Gasteiger partial charge is 0.493 e. The topological polar surface area (TPSA) is 47.7 Å². The van der Waals surface area contributed by atoms with Crippen LogP contribution in [0.25, 0.3) is 0 Å². The molecule has 4 heteroatoms. The molecular weight excluding hydrogens is 240 g/mol. The van der Waals surface area contributed by atoms with Crippen molar-refractivity contribution < 1.29 is 9.47 Å². The van der Waals surface area contributed by atoms with Gasteiger partial charge in [-0.3, -0.25) is 0 Å². The number of nitrogens with zero attached hydrogens (tertiary/aromatic N) is 1. The van der Waals surface area contributed by atoms with Gasteiger partial charge in [-0.25, -0.2) is 0 Å². The van der Waals surface area contributed by atoms with E-state index in [2.05, 4.69) is 24.9 Å². The first-order valence-electron chi connectivity index (χ1n) is 7.04. The summed E-state index contributed by atoms with van der Waals surface area (Å²) >= 11 is 0. The maximum Gasteiger partial charge on any atom is 0.123 e. The molecule has 0 atom stereocenters. The molecule has 0 saturated carbocycles. The molecule has 1 aliphatic rings. The van der Waals surface area contributed by atoms with E-state index in [-0.39, 0.29) is 0 Å². The predicted octanol–water partition coefficient (Wildman–Crippen LogP) is 2.67. The van der Waals surface area contributed by atoms with Crippen LogP contribution in [0, 0.1) is 0 Å². The van der Waals surface area contributed by atoms with E-state index >= 15 is 0 Å². The Hall–Kier alpha value is -1.42. The zero-order valence-electron chi connectivity index (χ0n) is 11.9. The molecule has 0 bridgehead atoms. The predicted molar refractivity (Wildman–Crippen MR) is 78.9 cm³/mol. The Morgan fingerprint density at radius 1 is 1.32 bits per heavy atom. The number of hydrogen-bond donors (Lipinski definition) is 1. The monoisotopic (exact) mass is 264 g/mol. The van der Waals surface area contributed by atoms with Gasteiger partial charge >= 0.3 is 0 Å². The normalized spacial score (nSPS) is 16.3. The van der Waals surface area contributed by atoms with Crippen molar-refractivity contribution in [3.8, 4) is 5.75 Å². The van der Waals surface area contributed by atoms with Crippen LogP contribution < -0.4 is 15.4 Å². The van der Waals surface area contributed by atoms with Crippen LogP contribution in [0.5, 0.6) is 5.75 Å². The molecule has 2 rings (SSSR count). The molecule has 0 amide bonds. The molecule has 106 valence electrons. The van der Waals surface area contributed by atoms with Crippen molar-refractivity contribution >= 4 is 11.4 Å². The Balaban J connectivity index is 2.11. The quantitative estimate of drug-likeness (QED) is 0.831. The molecule has 0 aromatic heterocycles. The van der Waals surface area contributed by atoms with E-state index < -0.39 is 0 Å². The van der Waals surface area contributed by atoms with Gasteiger partial charge < -0.3 is 20.1 Å². The van der Waals surface area contributed by atoms with Gasteiger partial charge in [0.05, 0.1) is 6.61 Å². The molecule has 19 heavy (non-hydrogen) atoms. The molecule has 0 radical (unpaired) electrons. The first-order valence-corrected chi connectivity index (χ1v) is 7.04. The van der Waals surface area contributed by atoms with E-state index in [9.17, 15) is 0 Å². The van der Waals surface area contributed by atoms with Gasteiger partial charge in [0.25, 0.3) is 0 Å². The van der Waals surface area contributed by atoms with Crippen LogP contribution in [0.1, 0.15) is 26.2 Å². The van der Waals surface area contributed by atoms with Crippen molar-refractivity contribution in [1.29, 1.82) is 0 Å². The molecule has 1 aromatic carbocycles. The molecule has 0 unspecified atom stereocenters. The summed E-state index contributed by atoms with van der Waals surface area (Å²) in [4.78, 5) is 2.29. The van der Waals surface area contributed by atoms with Crippen molar-refractivity contribution in [3.05, 3.63) is 18.2 Å². The Labute approximate surface area is 115 Å². The highest BCUT2D eigenvalue weighted by atomic mass is 16.5. The Bertz CT molecular complexity index is 403. The zero-order valence-corrected chi connectivity index (χ0v) is 11.9. The van der Waals surface area contributed by atoms with Gasteiger partial charge in [-0.05, 0) is 25.3 Å². The Kier molecular flexibility index (Phi) is 4.91. The van der Waals surface area contributed by atoms with E-state index in [1.165, 1.54) is 0 Å². The number of hydrogen-bond acceptors (Lipinski definition) is 4. The fourth-order valence-corrected chi connectivity index (χ4v) is 2.40. The van der Waals surface area contributed by atoms with Crippen LogP contribution >= 0.6 is 0 Å². The molecule has 0 spiro atoms. The average Bonchev–Trinajstić information content (AvgIpc) is 2.44. The number of nitrogen functional groups attached to an aromatic ring is 1. The first-order chi connectivity index (χ1) is 9.20. The number of benzene rings is 1. The summed E-state index contributed by atoms with van der Waals surface area (Å²) in [7, 11) is 2.12. The summed E-state index contributed by atoms with van der Waals surface area (Å²) in [5.74, 6) is 0.857. The van der Waals surface area contributed by atoms with Crippen LogP contribution in [0.3, 0.4) is 0 Å². The Morgan fingerprint density at radius 3 is 2.74 bits per heavy atom. The van der Waals surface area contributed by atoms with Crippen molar-refractivity contribution in [3.63, 3.8) is 0 Å². The molecule has 1 aliphatic heterocycles. The second-order valence-electron chi connectivity index (χ2n) is 5.06. The molecule has 1 fully saturated rings. The number of rotatable bonds is 5. The lowest BCUT2D eigenvalue weighted by atomic mass is 10.1. The number of nitrogens with two attached hydrogens (primary N) is 1. The van der Waals surface area contributed by atoms with Crippen LogP contribution in [0.4, 0.5) is 11.4 Å². The van der Waals surface area contributed by atoms with E-state index in [1.54, 1.807) is 0 Å². The summed E-state index contributed by atoms with van der Waals surface area (Å²) in [5, 5.41) is 0. The minimum Gasteiger partial charge on any atom is -0.493 e. The lowest BCUT2D eigenvalue weighted by Gasteiger charge is -2.33. The van der Waals surface area contributed by atoms with Crippen molar-refractivity contribution in [1.82, 2.24) is 0 Å². The van der Waals surface area contributed by atoms with Gasteiger partial charge in [-0.2, -0.15) is 0 Å². The van der Waals surface area contributed by atoms with Gasteiger partial charge in [0, 0.05) is 49.8 Å². The van der Waals surface area contributed by atoms with Crippen molar-refractivity contribution in [2.75, 3.05) is 37.5 Å². The van der Waals surface area contributed by atoms with Gasteiger partial charge in [0.2, 0.25) is 0 Å². The lowest BCUT2D eigenvalue weighted by molar-refractivity contribution is 0.0855. The Morgan fingerprint density at radius 2 is 2.05 bits per heavy atom. The summed E-state index contributed by atoms with van der Waals surface area (Å²) in [6, 6.07) is 6.49. The fourth-order valence-electron chi connectivity index (χ4n) is 2.40. The van der Waals surface area contributed by atoms with E-state index in [1.807, 2.05) is 12.1 Å². The molecular formula is C15H24N2O2. The third kappa shape index (κ3) is 3.77. The molecule has 1 heterocycles. The molecule has 4 nitrogen and oxygen atoms in total. The highest BCUT2D eigenvalue weighted by Crippen LogP contribution is 2.28. The highest BCUT2D eigenvalue weighted by molar-refractivity contribution is 5.60. The molecule has 0 aliphatic carbocycles. The van der Waals surface area contributed by atoms with Gasteiger partial charge in [-0.15, -0.1) is 0 Å². The second-order valence-corrected chi connectivity index (χ2v) is 5.06. The van der Waals surface area contributed by atoms with Crippen LogP contribution in [-0.4, -0.2) is 32.9 Å². The maximum atomic E-state index is 5.97. The van der Waals surface area contributed by atoms with Crippen molar-refractivity contribution in [2.24, 2.45) is 0 Å². The van der Waals surface area contributed by atoms with E-state index in [0.29, 0.717) is 6.04 Å². The molecule has 1 aromatic rings. The second kappa shape index (κ2) is 6.66. The van der Waals surface area contributed by atoms with Crippen molar-refractivity contribution in [2.45, 2.75) is 32.2 Å². The number of anilines is 2. The highest BCUT2D eigenvalue weighted by Gasteiger charge is 2.19. The van der Waals surface area contributed by atoms with Gasteiger partial charge in [0.1, 0.15) is 5.75 Å². The average molecular weight is 264 g/mol. The molecule has 1 saturated heterocycles. The number of ether oxygens (including phenoxy) is 2. The smallest absolute Gasteiger partial charge is 0.123 e. The van der Waals surface area contributed by atoms with Crippen LogP contribution in [0.2, 0.25) is 0 Å². The SMILES string of the molecule is CCCOc1cc(N)cc(N(C)C2CCOCC2)c1. The maximum absolute atomic E-state index is 5.97.